The van der Waals surface area contributed by atoms with Crippen molar-refractivity contribution >= 4 is 17.7 Å². The number of benzene rings is 1. The van der Waals surface area contributed by atoms with Crippen LogP contribution in [0.2, 0.25) is 0 Å². The second-order valence-electron chi connectivity index (χ2n) is 4.60. The number of hydrogen-bond donors (Lipinski definition) is 2. The second kappa shape index (κ2) is 5.85. The monoisotopic (exact) mass is 284 g/mol. The minimum absolute atomic E-state index is 0.0867. The van der Waals surface area contributed by atoms with Crippen LogP contribution in [0.1, 0.15) is 19.3 Å². The average molecular weight is 284 g/mol. The number of carboxylic acids is 1. The Hall–Kier alpha value is -2.18. The van der Waals surface area contributed by atoms with E-state index in [2.05, 4.69) is 5.32 Å². The molecule has 20 heavy (non-hydrogen) atoms. The summed E-state index contributed by atoms with van der Waals surface area (Å²) in [5, 5.41) is 11.5. The van der Waals surface area contributed by atoms with E-state index in [1.54, 1.807) is 0 Å². The number of hydrogen-bond acceptors (Lipinski definition) is 2. The van der Waals surface area contributed by atoms with Gasteiger partial charge in [0.2, 0.25) is 0 Å². The fourth-order valence-corrected chi connectivity index (χ4v) is 2.20. The Morgan fingerprint density at radius 1 is 1.25 bits per heavy atom. The van der Waals surface area contributed by atoms with Crippen LogP contribution in [-0.4, -0.2) is 34.6 Å². The van der Waals surface area contributed by atoms with Crippen molar-refractivity contribution in [3.63, 3.8) is 0 Å². The fraction of sp³-hybridized carbons (Fsp3) is 0.385. The summed E-state index contributed by atoms with van der Waals surface area (Å²) in [7, 11) is 0. The lowest BCUT2D eigenvalue weighted by atomic mass is 10.0. The van der Waals surface area contributed by atoms with Crippen LogP contribution in [0.3, 0.4) is 0 Å². The zero-order valence-corrected chi connectivity index (χ0v) is 10.6. The first-order valence-corrected chi connectivity index (χ1v) is 6.24. The van der Waals surface area contributed by atoms with Crippen molar-refractivity contribution in [2.24, 2.45) is 0 Å². The quantitative estimate of drug-likeness (QED) is 0.876. The van der Waals surface area contributed by atoms with E-state index in [-0.39, 0.29) is 5.69 Å². The van der Waals surface area contributed by atoms with Crippen molar-refractivity contribution in [3.05, 3.63) is 29.8 Å². The lowest BCUT2D eigenvalue weighted by molar-refractivity contribution is -0.143. The maximum absolute atomic E-state index is 13.0. The number of aliphatic carboxylic acids is 1. The molecule has 2 N–H and O–H groups in total. The third-order valence-electron chi connectivity index (χ3n) is 3.22. The number of carboxylic acid groups (broad SMARTS) is 1. The number of anilines is 1. The van der Waals surface area contributed by atoms with Crippen molar-refractivity contribution in [2.75, 3.05) is 11.9 Å². The summed E-state index contributed by atoms with van der Waals surface area (Å²) >= 11 is 0. The Bertz CT molecular complexity index is 536. The van der Waals surface area contributed by atoms with Gasteiger partial charge in [0.1, 0.15) is 6.04 Å². The zero-order valence-electron chi connectivity index (χ0n) is 10.6. The largest absolute Gasteiger partial charge is 0.480 e. The summed E-state index contributed by atoms with van der Waals surface area (Å²) in [5.74, 6) is -3.15. The van der Waals surface area contributed by atoms with E-state index in [4.69, 9.17) is 5.11 Å². The molecular formula is C13H14F2N2O3. The van der Waals surface area contributed by atoms with Crippen molar-refractivity contribution in [2.45, 2.75) is 25.3 Å². The zero-order chi connectivity index (χ0) is 14.7. The van der Waals surface area contributed by atoms with Gasteiger partial charge in [0, 0.05) is 18.3 Å². The Kier molecular flexibility index (Phi) is 4.16. The number of carbonyl (C=O) groups is 2. The average Bonchev–Trinajstić information content (AvgIpc) is 2.43. The number of amides is 2. The molecule has 5 nitrogen and oxygen atoms in total. The number of likely N-dealkylation sites (tertiary alicyclic amines) is 1. The highest BCUT2D eigenvalue weighted by Gasteiger charge is 2.31. The second-order valence-corrected chi connectivity index (χ2v) is 4.60. The summed E-state index contributed by atoms with van der Waals surface area (Å²) in [6.45, 7) is 0.326. The predicted molar refractivity (Wildman–Crippen MR) is 67.4 cm³/mol. The molecule has 1 aliphatic rings. The van der Waals surface area contributed by atoms with Gasteiger partial charge in [-0.25, -0.2) is 18.4 Å². The number of nitrogens with one attached hydrogen (secondary N) is 1. The van der Waals surface area contributed by atoms with Gasteiger partial charge in [-0.2, -0.15) is 0 Å². The molecule has 1 aliphatic heterocycles. The van der Waals surface area contributed by atoms with E-state index >= 15 is 0 Å². The molecule has 0 radical (unpaired) electrons. The van der Waals surface area contributed by atoms with E-state index in [9.17, 15) is 18.4 Å². The highest BCUT2D eigenvalue weighted by Crippen LogP contribution is 2.19. The Morgan fingerprint density at radius 3 is 2.65 bits per heavy atom. The molecule has 1 unspecified atom stereocenters. The van der Waals surface area contributed by atoms with E-state index < -0.39 is 29.7 Å². The van der Waals surface area contributed by atoms with Crippen LogP contribution in [-0.2, 0) is 4.79 Å². The van der Waals surface area contributed by atoms with E-state index in [1.807, 2.05) is 0 Å². The number of urea groups is 1. The van der Waals surface area contributed by atoms with Crippen LogP contribution < -0.4 is 5.32 Å². The maximum atomic E-state index is 13.0. The van der Waals surface area contributed by atoms with Crippen LogP contribution in [0.5, 0.6) is 0 Å². The molecule has 2 rings (SSSR count). The number of carbonyl (C=O) groups excluding carboxylic acids is 1. The smallest absolute Gasteiger partial charge is 0.326 e. The van der Waals surface area contributed by atoms with Crippen molar-refractivity contribution in [3.8, 4) is 0 Å². The van der Waals surface area contributed by atoms with E-state index in [0.717, 1.165) is 25.0 Å². The molecule has 0 saturated carbocycles. The Labute approximate surface area is 114 Å². The van der Waals surface area contributed by atoms with Gasteiger partial charge in [0.05, 0.1) is 0 Å². The Balaban J connectivity index is 2.09. The van der Waals surface area contributed by atoms with Gasteiger partial charge in [-0.1, -0.05) is 0 Å². The molecule has 0 aromatic heterocycles. The van der Waals surface area contributed by atoms with Gasteiger partial charge in [0.25, 0.3) is 0 Å². The molecular weight excluding hydrogens is 270 g/mol. The maximum Gasteiger partial charge on any atom is 0.326 e. The summed E-state index contributed by atoms with van der Waals surface area (Å²) < 4.78 is 25.8. The molecule has 1 fully saturated rings. The topological polar surface area (TPSA) is 69.6 Å². The Morgan fingerprint density at radius 2 is 2.00 bits per heavy atom. The van der Waals surface area contributed by atoms with Crippen LogP contribution in [0.15, 0.2) is 18.2 Å². The van der Waals surface area contributed by atoms with E-state index in [0.29, 0.717) is 13.0 Å². The van der Waals surface area contributed by atoms with E-state index in [1.165, 1.54) is 11.0 Å². The highest BCUT2D eigenvalue weighted by molar-refractivity contribution is 5.92. The molecule has 1 aromatic carbocycles. The third-order valence-corrected chi connectivity index (χ3v) is 3.22. The first-order chi connectivity index (χ1) is 9.49. The number of halogens is 2. The number of piperidine rings is 1. The van der Waals surface area contributed by atoms with Crippen molar-refractivity contribution in [1.29, 1.82) is 0 Å². The molecule has 0 spiro atoms. The SMILES string of the molecule is O=C(O)C1CCCCN1C(=O)Nc1ccc(F)c(F)c1. The predicted octanol–water partition coefficient (Wildman–Crippen LogP) is 2.44. The lowest BCUT2D eigenvalue weighted by Gasteiger charge is -2.32. The van der Waals surface area contributed by atoms with Crippen LogP contribution >= 0.6 is 0 Å². The van der Waals surface area contributed by atoms with Crippen LogP contribution in [0.25, 0.3) is 0 Å². The molecule has 108 valence electrons. The normalized spacial score (nSPS) is 18.7. The minimum Gasteiger partial charge on any atom is -0.480 e. The minimum atomic E-state index is -1.07. The summed E-state index contributed by atoms with van der Waals surface area (Å²) in [5.41, 5.74) is 0.0867. The number of rotatable bonds is 2. The van der Waals surface area contributed by atoms with Gasteiger partial charge >= 0.3 is 12.0 Å². The molecule has 1 aromatic rings. The molecule has 0 aliphatic carbocycles. The highest BCUT2D eigenvalue weighted by atomic mass is 19.2. The first kappa shape index (κ1) is 14.2. The molecule has 1 heterocycles. The van der Waals surface area contributed by atoms with Crippen LogP contribution in [0, 0.1) is 11.6 Å². The van der Waals surface area contributed by atoms with Gasteiger partial charge in [-0.05, 0) is 31.4 Å². The van der Waals surface area contributed by atoms with Gasteiger partial charge in [-0.3, -0.25) is 0 Å². The lowest BCUT2D eigenvalue weighted by Crippen LogP contribution is -2.49. The van der Waals surface area contributed by atoms with Gasteiger partial charge in [0.15, 0.2) is 11.6 Å². The van der Waals surface area contributed by atoms with Gasteiger partial charge in [-0.15, -0.1) is 0 Å². The molecule has 1 saturated heterocycles. The molecule has 2 amide bonds. The third kappa shape index (κ3) is 3.04. The molecule has 7 heteroatoms. The fourth-order valence-electron chi connectivity index (χ4n) is 2.20. The first-order valence-electron chi connectivity index (χ1n) is 6.24. The summed E-state index contributed by atoms with van der Waals surface area (Å²) in [4.78, 5) is 24.3. The van der Waals surface area contributed by atoms with Crippen molar-refractivity contribution < 1.29 is 23.5 Å². The molecule has 0 bridgehead atoms. The standard InChI is InChI=1S/C13H14F2N2O3/c14-9-5-4-8(7-10(9)15)16-13(20)17-6-2-1-3-11(17)12(18)19/h4-5,7,11H,1-3,6H2,(H,16,20)(H,18,19). The summed E-state index contributed by atoms with van der Waals surface area (Å²) in [6.07, 6.45) is 1.85. The molecule has 1 atom stereocenters. The van der Waals surface area contributed by atoms with Crippen molar-refractivity contribution in [1.82, 2.24) is 4.90 Å². The van der Waals surface area contributed by atoms with Gasteiger partial charge < -0.3 is 15.3 Å². The number of nitrogens with zero attached hydrogens (tertiary/aromatic N) is 1. The summed E-state index contributed by atoms with van der Waals surface area (Å²) in [6, 6.07) is 1.47. The van der Waals surface area contributed by atoms with Crippen LogP contribution in [0.4, 0.5) is 19.3 Å².